The van der Waals surface area contributed by atoms with Gasteiger partial charge in [-0.05, 0) is 55.2 Å². The molecule has 3 amide bonds. The van der Waals surface area contributed by atoms with Crippen LogP contribution in [0.15, 0.2) is 30.3 Å². The lowest BCUT2D eigenvalue weighted by molar-refractivity contribution is 0.102. The molecule has 182 valence electrons. The summed E-state index contributed by atoms with van der Waals surface area (Å²) in [5.74, 6) is 2.25. The number of ether oxygens (including phenoxy) is 1. The van der Waals surface area contributed by atoms with Crippen LogP contribution in [0.2, 0.25) is 0 Å². The molecule has 10 nitrogen and oxygen atoms in total. The summed E-state index contributed by atoms with van der Waals surface area (Å²) in [6.07, 6.45) is 2.64. The average molecular weight is 476 g/mol. The van der Waals surface area contributed by atoms with E-state index in [9.17, 15) is 9.59 Å². The van der Waals surface area contributed by atoms with Crippen molar-refractivity contribution in [1.29, 1.82) is 0 Å². The minimum Gasteiger partial charge on any atom is -0.496 e. The molecular weight excluding hydrogens is 446 g/mol. The summed E-state index contributed by atoms with van der Waals surface area (Å²) in [4.78, 5) is 33.7. The van der Waals surface area contributed by atoms with Crippen LogP contribution < -0.4 is 10.1 Å². The molecule has 3 aromatic rings. The van der Waals surface area contributed by atoms with Gasteiger partial charge in [-0.1, -0.05) is 6.07 Å². The molecule has 0 fully saturated rings. The Labute approximate surface area is 203 Å². The number of pyridine rings is 1. The molecule has 1 aromatic carbocycles. The second kappa shape index (κ2) is 9.01. The van der Waals surface area contributed by atoms with Gasteiger partial charge in [-0.25, -0.2) is 9.78 Å². The molecule has 0 spiro atoms. The molecule has 2 aliphatic rings. The number of amides is 3. The number of hydrogen-bond acceptors (Lipinski definition) is 6. The monoisotopic (exact) mass is 475 g/mol. The number of aryl methyl sites for hydroxylation is 1. The van der Waals surface area contributed by atoms with Crippen molar-refractivity contribution in [3.63, 3.8) is 0 Å². The smallest absolute Gasteiger partial charge is 0.319 e. The van der Waals surface area contributed by atoms with Crippen LogP contribution in [0.1, 0.15) is 46.7 Å². The van der Waals surface area contributed by atoms with Crippen molar-refractivity contribution in [3.05, 3.63) is 52.8 Å². The zero-order chi connectivity index (χ0) is 24.7. The molecule has 0 bridgehead atoms. The number of urea groups is 1. The molecule has 2 aliphatic heterocycles. The first-order chi connectivity index (χ1) is 16.9. The maximum absolute atomic E-state index is 13.3. The highest BCUT2D eigenvalue weighted by molar-refractivity contribution is 6.06. The van der Waals surface area contributed by atoms with Gasteiger partial charge in [0, 0.05) is 39.6 Å². The molecular formula is C25H29N7O3. The highest BCUT2D eigenvalue weighted by Gasteiger charge is 2.27. The van der Waals surface area contributed by atoms with Crippen LogP contribution in [0.5, 0.6) is 5.75 Å². The van der Waals surface area contributed by atoms with Gasteiger partial charge in [-0.2, -0.15) is 0 Å². The molecule has 5 rings (SSSR count). The summed E-state index contributed by atoms with van der Waals surface area (Å²) in [6.45, 7) is 3.21. The fraction of sp³-hybridized carbons (Fsp3) is 0.400. The molecule has 35 heavy (non-hydrogen) atoms. The van der Waals surface area contributed by atoms with Gasteiger partial charge in [-0.3, -0.25) is 4.79 Å². The molecule has 0 aliphatic carbocycles. The van der Waals surface area contributed by atoms with E-state index in [1.54, 1.807) is 37.1 Å². The Hall–Kier alpha value is -3.95. The van der Waals surface area contributed by atoms with Gasteiger partial charge in [0.25, 0.3) is 5.91 Å². The Balaban J connectivity index is 1.40. The summed E-state index contributed by atoms with van der Waals surface area (Å²) in [5.41, 5.74) is 3.07. The normalized spacial score (nSPS) is 16.5. The predicted octanol–water partition coefficient (Wildman–Crippen LogP) is 3.15. The lowest BCUT2D eigenvalue weighted by atomic mass is 9.96. The van der Waals surface area contributed by atoms with E-state index in [1.807, 2.05) is 24.3 Å². The van der Waals surface area contributed by atoms with Crippen LogP contribution in [-0.4, -0.2) is 69.2 Å². The van der Waals surface area contributed by atoms with Gasteiger partial charge in [-0.15, -0.1) is 10.2 Å². The van der Waals surface area contributed by atoms with Crippen molar-refractivity contribution >= 4 is 17.8 Å². The Bertz CT molecular complexity index is 1300. The van der Waals surface area contributed by atoms with Gasteiger partial charge >= 0.3 is 6.03 Å². The average Bonchev–Trinajstić information content (AvgIpc) is 3.45. The molecule has 1 atom stereocenters. The summed E-state index contributed by atoms with van der Waals surface area (Å²) in [7, 11) is 5.02. The van der Waals surface area contributed by atoms with E-state index in [1.165, 1.54) is 0 Å². The number of anilines is 1. The van der Waals surface area contributed by atoms with Gasteiger partial charge in [0.2, 0.25) is 0 Å². The molecule has 10 heteroatoms. The number of nitrogens with zero attached hydrogens (tertiary/aromatic N) is 6. The zero-order valence-corrected chi connectivity index (χ0v) is 20.4. The number of methoxy groups -OCH3 is 1. The van der Waals surface area contributed by atoms with E-state index in [-0.39, 0.29) is 11.9 Å². The Morgan fingerprint density at radius 3 is 2.74 bits per heavy atom. The molecule has 0 saturated carbocycles. The van der Waals surface area contributed by atoms with Crippen LogP contribution >= 0.6 is 0 Å². The van der Waals surface area contributed by atoms with E-state index < -0.39 is 0 Å². The highest BCUT2D eigenvalue weighted by atomic mass is 16.5. The third-order valence-electron chi connectivity index (χ3n) is 6.64. The summed E-state index contributed by atoms with van der Waals surface area (Å²) < 4.78 is 7.65. The fourth-order valence-corrected chi connectivity index (χ4v) is 4.79. The van der Waals surface area contributed by atoms with Gasteiger partial charge in [0.05, 0.1) is 12.7 Å². The van der Waals surface area contributed by atoms with Crippen molar-refractivity contribution in [2.45, 2.75) is 38.8 Å². The fourth-order valence-electron chi connectivity index (χ4n) is 4.79. The summed E-state index contributed by atoms with van der Waals surface area (Å²) in [5, 5.41) is 11.5. The quantitative estimate of drug-likeness (QED) is 0.622. The third-order valence-corrected chi connectivity index (χ3v) is 6.64. The number of benzene rings is 1. The minimum absolute atomic E-state index is 0.0484. The second-order valence-corrected chi connectivity index (χ2v) is 9.23. The summed E-state index contributed by atoms with van der Waals surface area (Å²) in [6, 6.07) is 9.43. The zero-order valence-electron chi connectivity index (χ0n) is 20.4. The van der Waals surface area contributed by atoms with E-state index in [0.717, 1.165) is 29.8 Å². The second-order valence-electron chi connectivity index (χ2n) is 9.23. The Morgan fingerprint density at radius 2 is 1.97 bits per heavy atom. The Morgan fingerprint density at radius 1 is 1.14 bits per heavy atom. The van der Waals surface area contributed by atoms with E-state index in [2.05, 4.69) is 32.0 Å². The van der Waals surface area contributed by atoms with E-state index >= 15 is 0 Å². The van der Waals surface area contributed by atoms with Gasteiger partial charge in [0.1, 0.15) is 23.1 Å². The molecule has 2 aromatic heterocycles. The molecule has 1 N–H and O–H groups in total. The number of nitrogens with one attached hydrogen (secondary N) is 1. The predicted molar refractivity (Wildman–Crippen MR) is 130 cm³/mol. The lowest BCUT2D eigenvalue weighted by Crippen LogP contribution is -2.42. The van der Waals surface area contributed by atoms with Crippen molar-refractivity contribution in [2.75, 3.05) is 33.1 Å². The number of aromatic nitrogens is 4. The van der Waals surface area contributed by atoms with Crippen molar-refractivity contribution in [3.8, 4) is 17.3 Å². The maximum atomic E-state index is 13.3. The first kappa shape index (κ1) is 22.8. The van der Waals surface area contributed by atoms with Crippen LogP contribution in [0, 0.1) is 0 Å². The van der Waals surface area contributed by atoms with Crippen LogP contribution in [0.4, 0.5) is 10.6 Å². The molecule has 0 radical (unpaired) electrons. The van der Waals surface area contributed by atoms with E-state index in [0.29, 0.717) is 54.2 Å². The molecule has 0 saturated heterocycles. The number of rotatable bonds is 4. The third kappa shape index (κ3) is 4.20. The van der Waals surface area contributed by atoms with Crippen LogP contribution in [-0.2, 0) is 19.4 Å². The SMILES string of the molecule is COc1cc2c(cc1C(=O)Nc1cccc(-c3nnc4n3[C@@H](C)CC4)n1)CN(C(=O)N(C)C)CC2. The number of carbonyl (C=O) groups excluding carboxylic acids is 2. The minimum atomic E-state index is -0.329. The maximum Gasteiger partial charge on any atom is 0.319 e. The summed E-state index contributed by atoms with van der Waals surface area (Å²) >= 11 is 0. The first-order valence-electron chi connectivity index (χ1n) is 11.7. The van der Waals surface area contributed by atoms with Gasteiger partial charge in [0.15, 0.2) is 5.82 Å². The van der Waals surface area contributed by atoms with Crippen molar-refractivity contribution < 1.29 is 14.3 Å². The van der Waals surface area contributed by atoms with Crippen LogP contribution in [0.3, 0.4) is 0 Å². The topological polar surface area (TPSA) is 105 Å². The molecule has 0 unspecified atom stereocenters. The van der Waals surface area contributed by atoms with E-state index in [4.69, 9.17) is 4.74 Å². The first-order valence-corrected chi connectivity index (χ1v) is 11.7. The number of fused-ring (bicyclic) bond motifs is 2. The largest absolute Gasteiger partial charge is 0.496 e. The number of carbonyl (C=O) groups is 2. The lowest BCUT2D eigenvalue weighted by Gasteiger charge is -2.31. The molecule has 4 heterocycles. The Kier molecular flexibility index (Phi) is 5.88. The number of hydrogen-bond donors (Lipinski definition) is 1. The highest BCUT2D eigenvalue weighted by Crippen LogP contribution is 2.31. The van der Waals surface area contributed by atoms with Gasteiger partial charge < -0.3 is 24.4 Å². The van der Waals surface area contributed by atoms with Crippen molar-refractivity contribution in [2.24, 2.45) is 0 Å². The van der Waals surface area contributed by atoms with Crippen molar-refractivity contribution in [1.82, 2.24) is 29.5 Å². The standard InChI is InChI=1S/C25H29N7O3/c1-15-8-9-22-28-29-23(32(15)22)19-6-5-7-21(26-19)27-24(33)18-12-17-14-31(25(34)30(2)3)11-10-16(17)13-20(18)35-4/h5-7,12-13,15H,8-11,14H2,1-4H3,(H,26,27,33)/t15-/m0/s1. The van der Waals surface area contributed by atoms with Crippen LogP contribution in [0.25, 0.3) is 11.5 Å².